The van der Waals surface area contributed by atoms with Crippen molar-refractivity contribution < 1.29 is 15.9 Å². The molecule has 226 valence electrons. The zero-order chi connectivity index (χ0) is 31.2. The topological polar surface area (TPSA) is 0 Å². The summed E-state index contributed by atoms with van der Waals surface area (Å²) in [6.45, 7) is 13.7. The molecule has 0 N–H and O–H groups in total. The van der Waals surface area contributed by atoms with Crippen molar-refractivity contribution in [2.45, 2.75) is 61.6 Å². The van der Waals surface area contributed by atoms with Crippen LogP contribution >= 0.6 is 17.0 Å². The summed E-state index contributed by atoms with van der Waals surface area (Å²) in [7, 11) is 17.2. The van der Waals surface area contributed by atoms with Crippen molar-refractivity contribution in [3.63, 3.8) is 0 Å². The summed E-state index contributed by atoms with van der Waals surface area (Å²) in [5.41, 5.74) is 13.1. The van der Waals surface area contributed by atoms with Crippen molar-refractivity contribution in [3.8, 4) is 22.3 Å². The first-order valence-electron chi connectivity index (χ1n) is 16.2. The SMILES string of the molecule is C[C](C)=[Zr]([Cl])([Cl])([CH]1C(CC(C)C)=Cc2c(-c3ccccc3)cccc21)[CH]1C(CC(C)C)=Cc2c(-c3ccccc3)cccc21. The molecule has 3 heteroatoms. The molecular formula is C41H44Cl2Zr. The van der Waals surface area contributed by atoms with Crippen molar-refractivity contribution >= 4 is 32.4 Å². The second-order valence-electron chi connectivity index (χ2n) is 14.0. The van der Waals surface area contributed by atoms with Gasteiger partial charge in [-0.25, -0.2) is 0 Å². The number of allylic oxidation sites excluding steroid dienone is 2. The van der Waals surface area contributed by atoms with E-state index in [2.05, 4.69) is 151 Å². The Morgan fingerprint density at radius 1 is 0.568 bits per heavy atom. The number of fused-ring (bicyclic) bond motifs is 2. The van der Waals surface area contributed by atoms with Crippen LogP contribution in [0.2, 0.25) is 0 Å². The van der Waals surface area contributed by atoms with E-state index < -0.39 is 15.9 Å². The number of benzene rings is 4. The van der Waals surface area contributed by atoms with Gasteiger partial charge in [0.2, 0.25) is 0 Å². The Hall–Kier alpha value is -2.31. The molecule has 0 saturated carbocycles. The van der Waals surface area contributed by atoms with Crippen molar-refractivity contribution in [2.75, 3.05) is 0 Å². The fraction of sp³-hybridized carbons (Fsp3) is 0.293. The second-order valence-corrected chi connectivity index (χ2v) is 35.7. The van der Waals surface area contributed by atoms with Crippen LogP contribution in [0.25, 0.3) is 34.4 Å². The molecule has 0 bridgehead atoms. The Kier molecular flexibility index (Phi) is 8.73. The van der Waals surface area contributed by atoms with Crippen LogP contribution in [0.15, 0.2) is 108 Å². The van der Waals surface area contributed by atoms with Gasteiger partial charge in [-0.15, -0.1) is 0 Å². The Bertz CT molecular complexity index is 1710. The number of halogens is 2. The average Bonchev–Trinajstić information content (AvgIpc) is 3.56. The first-order chi connectivity index (χ1) is 21.0. The molecule has 0 nitrogen and oxygen atoms in total. The molecule has 2 aliphatic carbocycles. The fourth-order valence-corrected chi connectivity index (χ4v) is 26.1. The quantitative estimate of drug-likeness (QED) is 0.172. The number of hydrogen-bond donors (Lipinski definition) is 0. The summed E-state index contributed by atoms with van der Waals surface area (Å²) in [6, 6.07) is 35.1. The van der Waals surface area contributed by atoms with Gasteiger partial charge >= 0.3 is 274 Å². The van der Waals surface area contributed by atoms with Crippen LogP contribution in [-0.2, 0) is 15.9 Å². The predicted molar refractivity (Wildman–Crippen MR) is 192 cm³/mol. The standard InChI is InChI=1S/2C19H19.C3H6.2ClH.Zr/c2*1-14(2)11-15-12-17-9-6-10-18(19(17)13-15)16-7-4-3-5-8-16;1-3-2;;;/h2*3-10,12-14H,11H2,1-2H3;1-2H3;2*1H;/q;;;;;+2/p-2. The first kappa shape index (κ1) is 31.7. The molecule has 0 saturated heterocycles. The van der Waals surface area contributed by atoms with Crippen molar-refractivity contribution in [1.82, 2.24) is 0 Å². The maximum atomic E-state index is 8.61. The van der Waals surface area contributed by atoms with Gasteiger partial charge in [-0.2, -0.15) is 0 Å². The summed E-state index contributed by atoms with van der Waals surface area (Å²) >= 11 is -5.06. The molecule has 0 fully saturated rings. The molecule has 2 atom stereocenters. The molecule has 4 aromatic carbocycles. The monoisotopic (exact) mass is 696 g/mol. The van der Waals surface area contributed by atoms with Crippen LogP contribution in [0.4, 0.5) is 0 Å². The van der Waals surface area contributed by atoms with Crippen LogP contribution in [0.5, 0.6) is 0 Å². The van der Waals surface area contributed by atoms with E-state index in [1.165, 1.54) is 58.9 Å². The molecule has 0 aromatic heterocycles. The van der Waals surface area contributed by atoms with Crippen LogP contribution in [0.3, 0.4) is 0 Å². The zero-order valence-electron chi connectivity index (χ0n) is 26.9. The first-order valence-corrected chi connectivity index (χ1v) is 26.6. The summed E-state index contributed by atoms with van der Waals surface area (Å²) in [4.78, 5) is 0. The molecule has 0 heterocycles. The van der Waals surface area contributed by atoms with Gasteiger partial charge in [-0.1, -0.05) is 0 Å². The summed E-state index contributed by atoms with van der Waals surface area (Å²) < 4.78 is 1.26. The van der Waals surface area contributed by atoms with Crippen LogP contribution < -0.4 is 0 Å². The van der Waals surface area contributed by atoms with Crippen molar-refractivity contribution in [3.05, 3.63) is 130 Å². The van der Waals surface area contributed by atoms with E-state index >= 15 is 0 Å². The van der Waals surface area contributed by atoms with Gasteiger partial charge in [0.1, 0.15) is 0 Å². The summed E-state index contributed by atoms with van der Waals surface area (Å²) in [6.07, 6.45) is 6.89. The minimum atomic E-state index is -5.06. The van der Waals surface area contributed by atoms with Gasteiger partial charge < -0.3 is 0 Å². The normalized spacial score (nSPS) is 17.9. The van der Waals surface area contributed by atoms with E-state index in [1.54, 1.807) is 0 Å². The number of hydrogen-bond acceptors (Lipinski definition) is 0. The van der Waals surface area contributed by atoms with E-state index in [4.69, 9.17) is 17.0 Å². The Morgan fingerprint density at radius 3 is 1.30 bits per heavy atom. The molecule has 2 aliphatic rings. The molecule has 0 radical (unpaired) electrons. The van der Waals surface area contributed by atoms with E-state index in [-0.39, 0.29) is 7.25 Å². The molecular weight excluding hydrogens is 655 g/mol. The Morgan fingerprint density at radius 2 is 0.955 bits per heavy atom. The minimum absolute atomic E-state index is 0.0118. The molecule has 0 aliphatic heterocycles. The fourth-order valence-electron chi connectivity index (χ4n) is 7.96. The van der Waals surface area contributed by atoms with Crippen molar-refractivity contribution in [1.29, 1.82) is 0 Å². The van der Waals surface area contributed by atoms with Crippen LogP contribution in [0.1, 0.15) is 83.9 Å². The molecule has 2 unspecified atom stereocenters. The maximum absolute atomic E-state index is 8.61. The molecule has 44 heavy (non-hydrogen) atoms. The Balaban J connectivity index is 1.64. The van der Waals surface area contributed by atoms with Gasteiger partial charge in [0.05, 0.1) is 0 Å². The summed E-state index contributed by atoms with van der Waals surface area (Å²) in [5.74, 6) is 0.989. The van der Waals surface area contributed by atoms with Crippen LogP contribution in [0, 0.1) is 11.8 Å². The van der Waals surface area contributed by atoms with Crippen molar-refractivity contribution in [2.24, 2.45) is 11.8 Å². The summed E-state index contributed by atoms with van der Waals surface area (Å²) in [5, 5.41) is 0. The van der Waals surface area contributed by atoms with E-state index in [1.807, 2.05) is 0 Å². The molecule has 0 amide bonds. The van der Waals surface area contributed by atoms with Gasteiger partial charge in [0, 0.05) is 0 Å². The zero-order valence-corrected chi connectivity index (χ0v) is 30.8. The molecule has 4 aromatic rings. The van der Waals surface area contributed by atoms with E-state index in [0.29, 0.717) is 11.8 Å². The third-order valence-corrected chi connectivity index (χ3v) is 32.7. The Labute approximate surface area is 272 Å². The van der Waals surface area contributed by atoms with E-state index in [9.17, 15) is 0 Å². The van der Waals surface area contributed by atoms with Gasteiger partial charge in [0.25, 0.3) is 0 Å². The van der Waals surface area contributed by atoms with Gasteiger partial charge in [0.15, 0.2) is 0 Å². The van der Waals surface area contributed by atoms with Gasteiger partial charge in [-0.3, -0.25) is 0 Å². The number of rotatable bonds is 8. The van der Waals surface area contributed by atoms with Crippen LogP contribution in [-0.4, -0.2) is 3.21 Å². The predicted octanol–water partition coefficient (Wildman–Crippen LogP) is 12.9. The van der Waals surface area contributed by atoms with E-state index in [0.717, 1.165) is 12.8 Å². The molecule has 0 spiro atoms. The molecule has 6 rings (SSSR count). The van der Waals surface area contributed by atoms with Gasteiger partial charge in [-0.05, 0) is 0 Å². The average molecular weight is 699 g/mol. The third-order valence-electron chi connectivity index (χ3n) is 9.77. The third kappa shape index (κ3) is 5.32. The second kappa shape index (κ2) is 12.1.